The molecule has 1 aliphatic rings. The Morgan fingerprint density at radius 1 is 1.16 bits per heavy atom. The van der Waals surface area contributed by atoms with Gasteiger partial charge in [-0.1, -0.05) is 37.3 Å². The van der Waals surface area contributed by atoms with Gasteiger partial charge in [-0.2, -0.15) is 0 Å². The second-order valence-electron chi connectivity index (χ2n) is 7.21. The molecule has 0 fully saturated rings. The van der Waals surface area contributed by atoms with Crippen LogP contribution in [0.3, 0.4) is 0 Å². The van der Waals surface area contributed by atoms with Crippen LogP contribution in [0, 0.1) is 0 Å². The quantitative estimate of drug-likeness (QED) is 0.414. The lowest BCUT2D eigenvalue weighted by Crippen LogP contribution is -2.48. The average Bonchev–Trinajstić information content (AvgIpc) is 3.24. The number of fused-ring (bicyclic) bond motifs is 2. The predicted molar refractivity (Wildman–Crippen MR) is 135 cm³/mol. The van der Waals surface area contributed by atoms with Gasteiger partial charge < -0.3 is 14.4 Å². The summed E-state index contributed by atoms with van der Waals surface area (Å²) in [6, 6.07) is 13.7. The standard InChI is InChI=1S/C23H27N3O3S2.ClH/c1-4-25(5-2)12-13-26(23-24-17-11-10-16(30-3)14-21(17)31-23)22(27)20-15-28-18-8-6-7-9-19(18)29-20;/h6-11,14,20H,4-5,12-13,15H2,1-3H3;1H. The Bertz CT molecular complexity index is 1060. The number of aromatic nitrogens is 1. The van der Waals surface area contributed by atoms with Crippen molar-refractivity contribution in [2.75, 3.05) is 43.9 Å². The van der Waals surface area contributed by atoms with Crippen LogP contribution < -0.4 is 14.4 Å². The number of likely N-dealkylation sites (N-methyl/N-ethyl adjacent to an activating group) is 1. The van der Waals surface area contributed by atoms with Crippen molar-refractivity contribution in [1.29, 1.82) is 0 Å². The number of thiazole rings is 1. The number of carbonyl (C=O) groups excluding carboxylic acids is 1. The fourth-order valence-corrected chi connectivity index (χ4v) is 5.08. The maximum atomic E-state index is 13.6. The molecule has 1 atom stereocenters. The number of rotatable bonds is 8. The van der Waals surface area contributed by atoms with Gasteiger partial charge in [0.25, 0.3) is 5.91 Å². The monoisotopic (exact) mass is 493 g/mol. The van der Waals surface area contributed by atoms with E-state index >= 15 is 0 Å². The summed E-state index contributed by atoms with van der Waals surface area (Å²) in [5, 5.41) is 0.702. The van der Waals surface area contributed by atoms with E-state index in [1.807, 2.05) is 30.3 Å². The van der Waals surface area contributed by atoms with Crippen molar-refractivity contribution < 1.29 is 14.3 Å². The van der Waals surface area contributed by atoms with E-state index in [0.29, 0.717) is 23.2 Å². The lowest BCUT2D eigenvalue weighted by Gasteiger charge is -2.30. The van der Waals surface area contributed by atoms with Crippen molar-refractivity contribution in [3.8, 4) is 11.5 Å². The van der Waals surface area contributed by atoms with Gasteiger partial charge in [0.1, 0.15) is 6.61 Å². The zero-order chi connectivity index (χ0) is 21.8. The number of hydrogen-bond donors (Lipinski definition) is 0. The van der Waals surface area contributed by atoms with E-state index < -0.39 is 6.10 Å². The number of nitrogens with zero attached hydrogens (tertiary/aromatic N) is 3. The van der Waals surface area contributed by atoms with E-state index in [4.69, 9.17) is 14.5 Å². The first-order chi connectivity index (χ1) is 15.1. The fourth-order valence-electron chi connectivity index (χ4n) is 3.53. The van der Waals surface area contributed by atoms with Gasteiger partial charge in [0.15, 0.2) is 16.6 Å². The highest BCUT2D eigenvalue weighted by molar-refractivity contribution is 7.98. The van der Waals surface area contributed by atoms with E-state index in [0.717, 1.165) is 29.9 Å². The second kappa shape index (κ2) is 11.2. The molecule has 2 heterocycles. The normalized spacial score (nSPS) is 14.9. The first-order valence-corrected chi connectivity index (χ1v) is 12.5. The Balaban J connectivity index is 0.00000289. The molecule has 1 unspecified atom stereocenters. The molecular formula is C23H28ClN3O3S2. The summed E-state index contributed by atoms with van der Waals surface area (Å²) in [5.74, 6) is 1.15. The Morgan fingerprint density at radius 3 is 2.62 bits per heavy atom. The number of hydrogen-bond acceptors (Lipinski definition) is 7. The van der Waals surface area contributed by atoms with Gasteiger partial charge in [0, 0.05) is 18.0 Å². The number of thioether (sulfide) groups is 1. The van der Waals surface area contributed by atoms with E-state index in [2.05, 4.69) is 37.1 Å². The smallest absolute Gasteiger partial charge is 0.273 e. The molecule has 172 valence electrons. The van der Waals surface area contributed by atoms with Crippen LogP contribution in [-0.4, -0.2) is 60.9 Å². The number of para-hydroxylation sites is 2. The molecule has 1 aromatic heterocycles. The van der Waals surface area contributed by atoms with Gasteiger partial charge in [-0.3, -0.25) is 9.69 Å². The fraction of sp³-hybridized carbons (Fsp3) is 0.391. The van der Waals surface area contributed by atoms with E-state index in [1.165, 1.54) is 4.90 Å². The number of anilines is 1. The summed E-state index contributed by atoms with van der Waals surface area (Å²) in [7, 11) is 0. The molecule has 0 aliphatic carbocycles. The Morgan fingerprint density at radius 2 is 1.91 bits per heavy atom. The molecule has 1 aliphatic heterocycles. The molecule has 2 aromatic carbocycles. The number of amides is 1. The van der Waals surface area contributed by atoms with Gasteiger partial charge in [0.2, 0.25) is 6.10 Å². The Hall–Kier alpha value is -2.00. The lowest BCUT2D eigenvalue weighted by molar-refractivity contribution is -0.127. The molecule has 32 heavy (non-hydrogen) atoms. The Labute approximate surface area is 203 Å². The molecular weight excluding hydrogens is 466 g/mol. The van der Waals surface area contributed by atoms with Gasteiger partial charge in [-0.25, -0.2) is 4.98 Å². The minimum atomic E-state index is -0.694. The zero-order valence-corrected chi connectivity index (χ0v) is 20.9. The lowest BCUT2D eigenvalue weighted by atomic mass is 10.2. The van der Waals surface area contributed by atoms with Gasteiger partial charge in [0.05, 0.1) is 10.2 Å². The molecule has 0 saturated heterocycles. The minimum absolute atomic E-state index is 0. The molecule has 0 radical (unpaired) electrons. The van der Waals surface area contributed by atoms with Crippen LogP contribution in [0.2, 0.25) is 0 Å². The van der Waals surface area contributed by atoms with Crippen LogP contribution in [0.4, 0.5) is 5.13 Å². The summed E-state index contributed by atoms with van der Waals surface area (Å²) in [6.45, 7) is 7.65. The third-order valence-electron chi connectivity index (χ3n) is 5.40. The summed E-state index contributed by atoms with van der Waals surface area (Å²) < 4.78 is 12.9. The van der Waals surface area contributed by atoms with Crippen molar-refractivity contribution in [3.05, 3.63) is 42.5 Å². The van der Waals surface area contributed by atoms with Gasteiger partial charge in [-0.15, -0.1) is 24.2 Å². The van der Waals surface area contributed by atoms with Crippen molar-refractivity contribution in [3.63, 3.8) is 0 Å². The SMILES string of the molecule is CCN(CC)CCN(C(=O)C1COc2ccccc2O1)c1nc2ccc(SC)cc2s1.Cl. The summed E-state index contributed by atoms with van der Waals surface area (Å²) >= 11 is 3.24. The number of halogens is 1. The third kappa shape index (κ3) is 5.31. The summed E-state index contributed by atoms with van der Waals surface area (Å²) in [6.07, 6.45) is 1.36. The molecule has 0 bridgehead atoms. The number of ether oxygens (including phenoxy) is 2. The maximum absolute atomic E-state index is 13.6. The van der Waals surface area contributed by atoms with Gasteiger partial charge >= 0.3 is 0 Å². The summed E-state index contributed by atoms with van der Waals surface area (Å²) in [4.78, 5) is 23.6. The van der Waals surface area contributed by atoms with Crippen molar-refractivity contribution in [1.82, 2.24) is 9.88 Å². The highest BCUT2D eigenvalue weighted by Gasteiger charge is 2.33. The molecule has 4 rings (SSSR count). The van der Waals surface area contributed by atoms with Crippen molar-refractivity contribution in [2.45, 2.75) is 24.8 Å². The number of carbonyl (C=O) groups is 1. The average molecular weight is 494 g/mol. The molecule has 1 amide bonds. The van der Waals surface area contributed by atoms with Crippen molar-refractivity contribution >= 4 is 56.8 Å². The highest BCUT2D eigenvalue weighted by Crippen LogP contribution is 2.34. The molecule has 6 nitrogen and oxygen atoms in total. The maximum Gasteiger partial charge on any atom is 0.273 e. The highest BCUT2D eigenvalue weighted by atomic mass is 35.5. The van der Waals surface area contributed by atoms with E-state index in [9.17, 15) is 4.79 Å². The third-order valence-corrected chi connectivity index (χ3v) is 7.17. The second-order valence-corrected chi connectivity index (χ2v) is 9.10. The van der Waals surface area contributed by atoms with E-state index in [1.54, 1.807) is 28.0 Å². The first kappa shape index (κ1) is 24.6. The van der Waals surface area contributed by atoms with Crippen LogP contribution in [0.5, 0.6) is 11.5 Å². The van der Waals surface area contributed by atoms with Crippen LogP contribution in [0.15, 0.2) is 47.4 Å². The van der Waals surface area contributed by atoms with Crippen LogP contribution in [-0.2, 0) is 4.79 Å². The van der Waals surface area contributed by atoms with Gasteiger partial charge in [-0.05, 0) is 49.7 Å². The largest absolute Gasteiger partial charge is 0.485 e. The molecule has 3 aromatic rings. The first-order valence-electron chi connectivity index (χ1n) is 10.5. The summed E-state index contributed by atoms with van der Waals surface area (Å²) in [5.41, 5.74) is 0.907. The minimum Gasteiger partial charge on any atom is -0.485 e. The van der Waals surface area contributed by atoms with Crippen molar-refractivity contribution in [2.24, 2.45) is 0 Å². The van der Waals surface area contributed by atoms with Crippen LogP contribution >= 0.6 is 35.5 Å². The number of benzene rings is 2. The zero-order valence-electron chi connectivity index (χ0n) is 18.4. The molecule has 0 N–H and O–H groups in total. The molecule has 9 heteroatoms. The predicted octanol–water partition coefficient (Wildman–Crippen LogP) is 4.95. The van der Waals surface area contributed by atoms with E-state index in [-0.39, 0.29) is 24.9 Å². The molecule has 0 spiro atoms. The molecule has 0 saturated carbocycles. The van der Waals surface area contributed by atoms with Crippen LogP contribution in [0.25, 0.3) is 10.2 Å². The topological polar surface area (TPSA) is 54.9 Å². The van der Waals surface area contributed by atoms with Crippen LogP contribution in [0.1, 0.15) is 13.8 Å². The Kier molecular flexibility index (Phi) is 8.64.